The number of rotatable bonds is 5. The van der Waals surface area contributed by atoms with E-state index in [2.05, 4.69) is 19.9 Å². The molecule has 3 N–H and O–H groups in total. The second-order valence-corrected chi connectivity index (χ2v) is 6.68. The molecule has 1 amide bonds. The Morgan fingerprint density at radius 3 is 2.19 bits per heavy atom. The monoisotopic (exact) mass is 442 g/mol. The number of alkyl halides is 3. The molecule has 0 saturated heterocycles. The van der Waals surface area contributed by atoms with Gasteiger partial charge in [-0.1, -0.05) is 36.4 Å². The average molecular weight is 442 g/mol. The third-order valence-corrected chi connectivity index (χ3v) is 4.56. The summed E-state index contributed by atoms with van der Waals surface area (Å²) in [4.78, 5) is 15.2. The molecule has 3 aromatic carbocycles. The number of carbonyl (C=O) groups excluding carboxylic acids is 1. The number of nitrogens with two attached hydrogens (primary N) is 1. The number of ether oxygens (including phenoxy) is 1. The number of hydrogen-bond acceptors (Lipinski definition) is 4. The van der Waals surface area contributed by atoms with E-state index in [-0.39, 0.29) is 23.0 Å². The van der Waals surface area contributed by atoms with Crippen LogP contribution in [-0.4, -0.2) is 27.5 Å². The molecule has 0 aliphatic heterocycles. The zero-order valence-corrected chi connectivity index (χ0v) is 16.2. The van der Waals surface area contributed by atoms with E-state index in [1.807, 2.05) is 0 Å². The first-order valence-electron chi connectivity index (χ1n) is 9.19. The summed E-state index contributed by atoms with van der Waals surface area (Å²) in [6.45, 7) is 0. The highest BCUT2D eigenvalue weighted by molar-refractivity contribution is 5.89. The van der Waals surface area contributed by atoms with Gasteiger partial charge in [0.05, 0.1) is 0 Å². The number of nitrogens with one attached hydrogen (secondary N) is 1. The first-order valence-corrected chi connectivity index (χ1v) is 9.19. The van der Waals surface area contributed by atoms with Gasteiger partial charge in [-0.25, -0.2) is 9.37 Å². The number of nitrogens with zero attached hydrogens (tertiary/aromatic N) is 2. The second-order valence-electron chi connectivity index (χ2n) is 6.68. The zero-order chi connectivity index (χ0) is 22.9. The van der Waals surface area contributed by atoms with E-state index in [1.165, 1.54) is 42.5 Å². The van der Waals surface area contributed by atoms with Crippen LogP contribution in [0.2, 0.25) is 0 Å². The summed E-state index contributed by atoms with van der Waals surface area (Å²) in [5, 5.41) is 6.34. The van der Waals surface area contributed by atoms with E-state index in [1.54, 1.807) is 24.3 Å². The van der Waals surface area contributed by atoms with Crippen molar-refractivity contribution in [3.8, 4) is 39.4 Å². The van der Waals surface area contributed by atoms with Crippen LogP contribution < -0.4 is 10.5 Å². The number of carbonyl (C=O) groups is 1. The van der Waals surface area contributed by atoms with Gasteiger partial charge in [-0.2, -0.15) is 5.10 Å². The van der Waals surface area contributed by atoms with Crippen LogP contribution in [0.4, 0.5) is 17.6 Å². The molecule has 4 rings (SSSR count). The van der Waals surface area contributed by atoms with Crippen LogP contribution in [0, 0.1) is 5.82 Å². The predicted molar refractivity (Wildman–Crippen MR) is 108 cm³/mol. The largest absolute Gasteiger partial charge is 0.573 e. The summed E-state index contributed by atoms with van der Waals surface area (Å²) in [6, 6.07) is 16.3. The molecule has 0 atom stereocenters. The number of primary amides is 1. The second kappa shape index (κ2) is 8.14. The van der Waals surface area contributed by atoms with Gasteiger partial charge in [0, 0.05) is 11.1 Å². The van der Waals surface area contributed by atoms with Crippen molar-refractivity contribution in [2.45, 2.75) is 6.36 Å². The maximum Gasteiger partial charge on any atom is 0.573 e. The average Bonchev–Trinajstić information content (AvgIpc) is 3.24. The Balaban J connectivity index is 1.74. The maximum absolute atomic E-state index is 14.8. The SMILES string of the molecule is NC(=O)c1nc(-c2ccc(F)c(-c3ccccc3-c3ccc(OC(F)(F)F)cc3)c2)n[nH]1. The van der Waals surface area contributed by atoms with Crippen LogP contribution in [-0.2, 0) is 0 Å². The van der Waals surface area contributed by atoms with Gasteiger partial charge in [0.2, 0.25) is 5.82 Å². The third kappa shape index (κ3) is 4.43. The normalized spacial score (nSPS) is 11.4. The molecule has 0 aliphatic carbocycles. The van der Waals surface area contributed by atoms with E-state index in [4.69, 9.17) is 5.73 Å². The fourth-order valence-electron chi connectivity index (χ4n) is 3.18. The smallest absolute Gasteiger partial charge is 0.406 e. The van der Waals surface area contributed by atoms with Crippen LogP contribution in [0.1, 0.15) is 10.6 Å². The van der Waals surface area contributed by atoms with Crippen LogP contribution in [0.3, 0.4) is 0 Å². The first kappa shape index (κ1) is 21.0. The summed E-state index contributed by atoms with van der Waals surface area (Å²) in [5.74, 6) is -1.64. The van der Waals surface area contributed by atoms with E-state index in [9.17, 15) is 22.4 Å². The standard InChI is InChI=1S/C22H14F4N4O2/c23-18-10-7-13(20-28-21(19(27)31)30-29-20)11-17(18)16-4-2-1-3-15(16)12-5-8-14(9-6-12)32-22(24,25)26/h1-11H,(H2,27,31)(H,28,29,30). The van der Waals surface area contributed by atoms with Crippen molar-refractivity contribution in [3.63, 3.8) is 0 Å². The van der Waals surface area contributed by atoms with Gasteiger partial charge < -0.3 is 10.5 Å². The minimum Gasteiger partial charge on any atom is -0.406 e. The molecule has 0 unspecified atom stereocenters. The quantitative estimate of drug-likeness (QED) is 0.428. The van der Waals surface area contributed by atoms with Crippen LogP contribution in [0.25, 0.3) is 33.6 Å². The highest BCUT2D eigenvalue weighted by Gasteiger charge is 2.31. The molecule has 4 aromatic rings. The first-order chi connectivity index (χ1) is 15.2. The molecule has 1 aromatic heterocycles. The Bertz CT molecular complexity index is 1280. The lowest BCUT2D eigenvalue weighted by Gasteiger charge is -2.13. The van der Waals surface area contributed by atoms with Crippen molar-refractivity contribution in [1.29, 1.82) is 0 Å². The molecule has 0 saturated carbocycles. The molecule has 0 aliphatic rings. The highest BCUT2D eigenvalue weighted by atomic mass is 19.4. The van der Waals surface area contributed by atoms with Gasteiger partial charge in [0.15, 0.2) is 5.82 Å². The lowest BCUT2D eigenvalue weighted by Crippen LogP contribution is -2.16. The lowest BCUT2D eigenvalue weighted by atomic mass is 9.93. The number of H-pyrrole nitrogens is 1. The van der Waals surface area contributed by atoms with Crippen molar-refractivity contribution in [2.75, 3.05) is 0 Å². The van der Waals surface area contributed by atoms with Crippen LogP contribution >= 0.6 is 0 Å². The van der Waals surface area contributed by atoms with Crippen LogP contribution in [0.15, 0.2) is 66.7 Å². The Morgan fingerprint density at radius 1 is 0.906 bits per heavy atom. The minimum atomic E-state index is -4.79. The van der Waals surface area contributed by atoms with Crippen molar-refractivity contribution in [2.24, 2.45) is 5.73 Å². The summed E-state index contributed by atoms with van der Waals surface area (Å²) in [7, 11) is 0. The molecule has 1 heterocycles. The Hall–Kier alpha value is -4.21. The highest BCUT2D eigenvalue weighted by Crippen LogP contribution is 2.36. The number of aromatic amines is 1. The Morgan fingerprint density at radius 2 is 1.56 bits per heavy atom. The van der Waals surface area contributed by atoms with Crippen molar-refractivity contribution < 1.29 is 27.1 Å². The van der Waals surface area contributed by atoms with E-state index in [0.717, 1.165) is 0 Å². The summed E-state index contributed by atoms with van der Waals surface area (Å²) >= 11 is 0. The van der Waals surface area contributed by atoms with Gasteiger partial charge in [0.25, 0.3) is 5.91 Å². The van der Waals surface area contributed by atoms with Crippen molar-refractivity contribution in [1.82, 2.24) is 15.2 Å². The molecule has 10 heteroatoms. The van der Waals surface area contributed by atoms with Gasteiger partial charge in [-0.3, -0.25) is 9.89 Å². The molecule has 0 spiro atoms. The molecular formula is C22H14F4N4O2. The molecule has 6 nitrogen and oxygen atoms in total. The predicted octanol–water partition coefficient (Wildman–Crippen LogP) is 4.94. The maximum atomic E-state index is 14.8. The Labute approximate surface area is 178 Å². The number of aromatic nitrogens is 3. The molecule has 32 heavy (non-hydrogen) atoms. The fraction of sp³-hybridized carbons (Fsp3) is 0.0455. The molecule has 162 valence electrons. The van der Waals surface area contributed by atoms with E-state index < -0.39 is 18.1 Å². The number of hydrogen-bond donors (Lipinski definition) is 2. The molecule has 0 bridgehead atoms. The van der Waals surface area contributed by atoms with E-state index in [0.29, 0.717) is 22.3 Å². The van der Waals surface area contributed by atoms with Crippen molar-refractivity contribution in [3.05, 3.63) is 78.4 Å². The van der Waals surface area contributed by atoms with Crippen molar-refractivity contribution >= 4 is 5.91 Å². The van der Waals surface area contributed by atoms with Gasteiger partial charge >= 0.3 is 6.36 Å². The fourth-order valence-corrected chi connectivity index (χ4v) is 3.18. The Kier molecular flexibility index (Phi) is 5.35. The minimum absolute atomic E-state index is 0.132. The third-order valence-electron chi connectivity index (χ3n) is 4.56. The molecular weight excluding hydrogens is 428 g/mol. The topological polar surface area (TPSA) is 93.9 Å². The zero-order valence-electron chi connectivity index (χ0n) is 16.2. The van der Waals surface area contributed by atoms with E-state index >= 15 is 0 Å². The van der Waals surface area contributed by atoms with Gasteiger partial charge in [-0.15, -0.1) is 13.2 Å². The number of amides is 1. The van der Waals surface area contributed by atoms with Crippen LogP contribution in [0.5, 0.6) is 5.75 Å². The van der Waals surface area contributed by atoms with Gasteiger partial charge in [0.1, 0.15) is 11.6 Å². The number of halogens is 4. The molecule has 0 fully saturated rings. The lowest BCUT2D eigenvalue weighted by molar-refractivity contribution is -0.274. The summed E-state index contributed by atoms with van der Waals surface area (Å²) in [5.41, 5.74) is 7.49. The number of benzene rings is 3. The summed E-state index contributed by atoms with van der Waals surface area (Å²) in [6.07, 6.45) is -4.79. The molecule has 0 radical (unpaired) electrons. The van der Waals surface area contributed by atoms with Gasteiger partial charge in [-0.05, 0) is 47.0 Å². The summed E-state index contributed by atoms with van der Waals surface area (Å²) < 4.78 is 55.9.